The van der Waals surface area contributed by atoms with E-state index in [2.05, 4.69) is 91.5 Å². The molecule has 1 aromatic carbocycles. The number of carbonyl (C=O) groups excluding carboxylic acids is 1. The molecule has 5 nitrogen and oxygen atoms in total. The number of amides is 1. The van der Waals surface area contributed by atoms with Crippen molar-refractivity contribution in [2.45, 2.75) is 47.6 Å². The summed E-state index contributed by atoms with van der Waals surface area (Å²) in [7, 11) is 0. The Labute approximate surface area is 214 Å². The number of rotatable bonds is 7. The van der Waals surface area contributed by atoms with Crippen LogP contribution in [0.25, 0.3) is 11.3 Å². The van der Waals surface area contributed by atoms with Gasteiger partial charge >= 0.3 is 0 Å². The van der Waals surface area contributed by atoms with Crippen molar-refractivity contribution in [2.75, 3.05) is 6.54 Å². The largest absolute Gasteiger partial charge is 0.347 e. The Hall–Kier alpha value is -0.980. The van der Waals surface area contributed by atoms with Gasteiger partial charge in [0.15, 0.2) is 0 Å². The van der Waals surface area contributed by atoms with Crippen LogP contribution >= 0.6 is 56.5 Å². The average Bonchev–Trinajstić information content (AvgIpc) is 3.34. The van der Waals surface area contributed by atoms with Gasteiger partial charge in [0, 0.05) is 44.0 Å². The minimum Gasteiger partial charge on any atom is -0.347 e. The fourth-order valence-corrected chi connectivity index (χ4v) is 6.54. The zero-order valence-electron chi connectivity index (χ0n) is 17.5. The minimum atomic E-state index is -0.0883. The first kappa shape index (κ1) is 23.2. The fraction of sp³-hybridized carbons (Fsp3) is 0.391. The highest BCUT2D eigenvalue weighted by Gasteiger charge is 2.24. The SMILES string of the molecule is Cc1ccc(C[C@@H](CN)NC(=O)c2cc3c(s2)CCCn2ncc(CI)c2-3)cc1CI. The van der Waals surface area contributed by atoms with Gasteiger partial charge in [0.2, 0.25) is 0 Å². The second-order valence-electron chi connectivity index (χ2n) is 7.93. The van der Waals surface area contributed by atoms with Crippen LogP contribution in [0.2, 0.25) is 0 Å². The van der Waals surface area contributed by atoms with Crippen LogP contribution in [-0.4, -0.2) is 28.3 Å². The molecule has 0 spiro atoms. The Morgan fingerprint density at radius 1 is 1.29 bits per heavy atom. The molecule has 164 valence electrons. The summed E-state index contributed by atoms with van der Waals surface area (Å²) in [6.07, 6.45) is 4.73. The van der Waals surface area contributed by atoms with Gasteiger partial charge in [0.25, 0.3) is 5.91 Å². The lowest BCUT2D eigenvalue weighted by molar-refractivity contribution is 0.0942. The van der Waals surface area contributed by atoms with Gasteiger partial charge in [0.1, 0.15) is 0 Å². The number of aryl methyl sites for hydroxylation is 3. The van der Waals surface area contributed by atoms with E-state index in [9.17, 15) is 4.79 Å². The van der Waals surface area contributed by atoms with Gasteiger partial charge in [-0.25, -0.2) is 0 Å². The Morgan fingerprint density at radius 2 is 2.10 bits per heavy atom. The Kier molecular flexibility index (Phi) is 7.71. The van der Waals surface area contributed by atoms with Gasteiger partial charge in [-0.15, -0.1) is 11.3 Å². The minimum absolute atomic E-state index is 0.0307. The Balaban J connectivity index is 1.53. The molecule has 8 heteroatoms. The second-order valence-corrected chi connectivity index (χ2v) is 10.6. The van der Waals surface area contributed by atoms with Gasteiger partial charge in [-0.05, 0) is 48.9 Å². The molecule has 0 fully saturated rings. The van der Waals surface area contributed by atoms with E-state index in [-0.39, 0.29) is 11.9 Å². The monoisotopic (exact) mass is 660 g/mol. The number of nitrogens with one attached hydrogen (secondary N) is 1. The molecular weight excluding hydrogens is 634 g/mol. The summed E-state index contributed by atoms with van der Waals surface area (Å²) in [6.45, 7) is 3.48. The molecule has 0 saturated heterocycles. The first-order valence-electron chi connectivity index (χ1n) is 10.4. The number of carbonyl (C=O) groups is 1. The third-order valence-electron chi connectivity index (χ3n) is 5.78. The maximum absolute atomic E-state index is 13.1. The molecule has 0 radical (unpaired) electrons. The van der Waals surface area contributed by atoms with E-state index in [1.807, 2.05) is 6.20 Å². The third kappa shape index (κ3) is 5.01. The predicted molar refractivity (Wildman–Crippen MR) is 145 cm³/mol. The van der Waals surface area contributed by atoms with Gasteiger partial charge in [-0.3, -0.25) is 9.48 Å². The zero-order chi connectivity index (χ0) is 22.0. The van der Waals surface area contributed by atoms with Crippen LogP contribution in [0.3, 0.4) is 0 Å². The molecule has 0 unspecified atom stereocenters. The average molecular weight is 660 g/mol. The summed E-state index contributed by atoms with van der Waals surface area (Å²) in [4.78, 5) is 15.1. The molecule has 31 heavy (non-hydrogen) atoms. The number of hydrogen-bond donors (Lipinski definition) is 2. The molecular formula is C23H26I2N4OS. The van der Waals surface area contributed by atoms with Gasteiger partial charge in [-0.2, -0.15) is 5.10 Å². The van der Waals surface area contributed by atoms with Crippen LogP contribution in [0.1, 0.15) is 43.2 Å². The molecule has 3 N–H and O–H groups in total. The highest BCUT2D eigenvalue weighted by atomic mass is 127. The lowest BCUT2D eigenvalue weighted by atomic mass is 10.0. The summed E-state index contributed by atoms with van der Waals surface area (Å²) in [5.41, 5.74) is 13.5. The van der Waals surface area contributed by atoms with Crippen LogP contribution in [-0.2, 0) is 28.2 Å². The smallest absolute Gasteiger partial charge is 0.261 e. The molecule has 1 amide bonds. The third-order valence-corrected chi connectivity index (χ3v) is 8.62. The number of halogens is 2. The molecule has 1 atom stereocenters. The Morgan fingerprint density at radius 3 is 2.84 bits per heavy atom. The van der Waals surface area contributed by atoms with Crippen LogP contribution < -0.4 is 11.1 Å². The van der Waals surface area contributed by atoms with Crippen LogP contribution in [0.4, 0.5) is 0 Å². The number of aromatic nitrogens is 2. The van der Waals surface area contributed by atoms with Crippen molar-refractivity contribution in [2.24, 2.45) is 5.73 Å². The van der Waals surface area contributed by atoms with Crippen molar-refractivity contribution in [3.05, 3.63) is 62.5 Å². The van der Waals surface area contributed by atoms with Crippen molar-refractivity contribution >= 4 is 62.4 Å². The molecule has 0 aliphatic carbocycles. The maximum Gasteiger partial charge on any atom is 0.261 e. The van der Waals surface area contributed by atoms with E-state index < -0.39 is 0 Å². The first-order valence-corrected chi connectivity index (χ1v) is 14.3. The molecule has 0 saturated carbocycles. The maximum atomic E-state index is 13.1. The van der Waals surface area contributed by atoms with Gasteiger partial charge < -0.3 is 11.1 Å². The number of benzene rings is 1. The normalized spacial score (nSPS) is 13.9. The van der Waals surface area contributed by atoms with Crippen molar-refractivity contribution in [3.8, 4) is 11.3 Å². The summed E-state index contributed by atoms with van der Waals surface area (Å²) in [5.74, 6) is -0.0307. The van der Waals surface area contributed by atoms with E-state index >= 15 is 0 Å². The molecule has 1 aliphatic rings. The van der Waals surface area contributed by atoms with Crippen LogP contribution in [0.15, 0.2) is 30.5 Å². The lowest BCUT2D eigenvalue weighted by Crippen LogP contribution is -2.41. The number of nitrogens with two attached hydrogens (primary N) is 1. The summed E-state index contributed by atoms with van der Waals surface area (Å²) >= 11 is 6.39. The van der Waals surface area contributed by atoms with Crippen LogP contribution in [0, 0.1) is 6.92 Å². The van der Waals surface area contributed by atoms with Crippen molar-refractivity contribution in [1.29, 1.82) is 0 Å². The van der Waals surface area contributed by atoms with E-state index in [1.165, 1.54) is 38.4 Å². The fourth-order valence-electron chi connectivity index (χ4n) is 4.05. The summed E-state index contributed by atoms with van der Waals surface area (Å²) in [6, 6.07) is 8.49. The predicted octanol–water partition coefficient (Wildman–Crippen LogP) is 5.04. The topological polar surface area (TPSA) is 72.9 Å². The molecule has 2 aromatic heterocycles. The molecule has 4 rings (SSSR count). The number of hydrogen-bond acceptors (Lipinski definition) is 4. The highest BCUT2D eigenvalue weighted by molar-refractivity contribution is 14.1. The summed E-state index contributed by atoms with van der Waals surface area (Å²) < 4.78 is 3.99. The van der Waals surface area contributed by atoms with Gasteiger partial charge in [0.05, 0.1) is 16.8 Å². The van der Waals surface area contributed by atoms with Gasteiger partial charge in [-0.1, -0.05) is 63.4 Å². The second kappa shape index (κ2) is 10.3. The number of thiophene rings is 1. The quantitative estimate of drug-likeness (QED) is 0.276. The number of alkyl halides is 2. The summed E-state index contributed by atoms with van der Waals surface area (Å²) in [5, 5.41) is 7.74. The van der Waals surface area contributed by atoms with Crippen molar-refractivity contribution < 1.29 is 4.79 Å². The van der Waals surface area contributed by atoms with E-state index in [0.717, 1.165) is 39.5 Å². The molecule has 0 bridgehead atoms. The lowest BCUT2D eigenvalue weighted by Gasteiger charge is -2.17. The van der Waals surface area contributed by atoms with Crippen molar-refractivity contribution in [3.63, 3.8) is 0 Å². The van der Waals surface area contributed by atoms with E-state index in [0.29, 0.717) is 6.54 Å². The van der Waals surface area contributed by atoms with Crippen LogP contribution in [0.5, 0.6) is 0 Å². The van der Waals surface area contributed by atoms with E-state index in [4.69, 9.17) is 5.73 Å². The first-order chi connectivity index (χ1) is 15.0. The zero-order valence-corrected chi connectivity index (χ0v) is 22.6. The van der Waals surface area contributed by atoms with Crippen molar-refractivity contribution in [1.82, 2.24) is 15.1 Å². The standard InChI is InChI=1S/C23H26I2N4OS/c1-14-4-5-15(7-16(14)10-24)8-18(12-26)28-23(30)21-9-19-20(31-21)3-2-6-29-22(19)17(11-25)13-27-29/h4-5,7,9,13,18H,2-3,6,8,10-12,26H2,1H3,(H,28,30)/t18-/m0/s1. The molecule has 3 aromatic rings. The molecule has 3 heterocycles. The van der Waals surface area contributed by atoms with E-state index in [1.54, 1.807) is 11.3 Å². The Bertz CT molecular complexity index is 1090. The molecule has 1 aliphatic heterocycles. The number of nitrogens with zero attached hydrogens (tertiary/aromatic N) is 2. The number of fused-ring (bicyclic) bond motifs is 3. The highest BCUT2D eigenvalue weighted by Crippen LogP contribution is 2.37.